The van der Waals surface area contributed by atoms with Crippen LogP contribution in [0, 0.1) is 0 Å². The fraction of sp³-hybridized carbons (Fsp3) is 0.714. The van der Waals surface area contributed by atoms with Crippen molar-refractivity contribution in [1.29, 1.82) is 0 Å². The smallest absolute Gasteiger partial charge is 0.327 e. The van der Waals surface area contributed by atoms with Gasteiger partial charge in [-0.2, -0.15) is 24.4 Å². The number of carboxylic acids is 1. The number of aliphatic hydroxyl groups is 1. The number of nitrogens with one attached hydrogen (secondary N) is 3. The van der Waals surface area contributed by atoms with Crippen LogP contribution in [-0.4, -0.2) is 82.4 Å². The van der Waals surface area contributed by atoms with Crippen LogP contribution in [0.1, 0.15) is 13.3 Å². The van der Waals surface area contributed by atoms with Crippen LogP contribution in [0.25, 0.3) is 0 Å². The summed E-state index contributed by atoms with van der Waals surface area (Å²) in [6.45, 7) is 0.829. The molecule has 10 nitrogen and oxygen atoms in total. The summed E-state index contributed by atoms with van der Waals surface area (Å²) in [6.07, 6.45) is 1.04. The maximum atomic E-state index is 12.1. The Hall–Kier alpha value is -1.50. The molecular formula is C14H26N4O6S2. The molecule has 0 aromatic heterocycles. The Morgan fingerprint density at radius 3 is 2.27 bits per heavy atom. The fourth-order valence-corrected chi connectivity index (χ4v) is 2.49. The molecule has 0 saturated heterocycles. The lowest BCUT2D eigenvalue weighted by molar-refractivity contribution is -0.142. The van der Waals surface area contributed by atoms with E-state index in [0.717, 1.165) is 0 Å². The van der Waals surface area contributed by atoms with E-state index in [4.69, 9.17) is 10.8 Å². The number of thiol groups is 1. The second-order valence-electron chi connectivity index (χ2n) is 5.47. The van der Waals surface area contributed by atoms with Crippen LogP contribution in [0.3, 0.4) is 0 Å². The summed E-state index contributed by atoms with van der Waals surface area (Å²) in [7, 11) is 0. The van der Waals surface area contributed by atoms with Crippen molar-refractivity contribution in [3.8, 4) is 0 Å². The van der Waals surface area contributed by atoms with Crippen LogP contribution in [0.15, 0.2) is 0 Å². The largest absolute Gasteiger partial charge is 0.480 e. The van der Waals surface area contributed by atoms with E-state index >= 15 is 0 Å². The molecule has 0 aliphatic carbocycles. The first kappa shape index (κ1) is 24.5. The molecule has 0 fully saturated rings. The van der Waals surface area contributed by atoms with Gasteiger partial charge in [0.15, 0.2) is 0 Å². The number of aliphatic hydroxyl groups excluding tert-OH is 1. The van der Waals surface area contributed by atoms with E-state index in [2.05, 4.69) is 28.6 Å². The Kier molecular flexibility index (Phi) is 12.1. The van der Waals surface area contributed by atoms with E-state index < -0.39 is 54.5 Å². The Balaban J connectivity index is 4.61. The van der Waals surface area contributed by atoms with Gasteiger partial charge in [-0.3, -0.25) is 14.4 Å². The average molecular weight is 411 g/mol. The zero-order valence-corrected chi connectivity index (χ0v) is 16.3. The predicted molar refractivity (Wildman–Crippen MR) is 101 cm³/mol. The highest BCUT2D eigenvalue weighted by Gasteiger charge is 2.29. The minimum absolute atomic E-state index is 0.161. The van der Waals surface area contributed by atoms with Crippen LogP contribution >= 0.6 is 24.4 Å². The van der Waals surface area contributed by atoms with Gasteiger partial charge in [-0.15, -0.1) is 0 Å². The first-order chi connectivity index (χ1) is 12.1. The maximum absolute atomic E-state index is 12.1. The Labute approximate surface area is 161 Å². The van der Waals surface area contributed by atoms with Crippen LogP contribution < -0.4 is 21.7 Å². The van der Waals surface area contributed by atoms with Gasteiger partial charge in [0.25, 0.3) is 0 Å². The number of amides is 3. The van der Waals surface area contributed by atoms with E-state index in [-0.39, 0.29) is 5.75 Å². The second kappa shape index (κ2) is 12.8. The van der Waals surface area contributed by atoms with E-state index in [1.807, 2.05) is 6.26 Å². The summed E-state index contributed by atoms with van der Waals surface area (Å²) in [5, 5.41) is 25.3. The molecule has 26 heavy (non-hydrogen) atoms. The van der Waals surface area contributed by atoms with Gasteiger partial charge in [0, 0.05) is 5.75 Å². The average Bonchev–Trinajstić information content (AvgIpc) is 2.58. The second-order valence-corrected chi connectivity index (χ2v) is 6.82. The highest BCUT2D eigenvalue weighted by molar-refractivity contribution is 7.98. The Morgan fingerprint density at radius 1 is 1.19 bits per heavy atom. The molecule has 0 spiro atoms. The fourth-order valence-electron chi connectivity index (χ4n) is 1.75. The highest BCUT2D eigenvalue weighted by Crippen LogP contribution is 1.99. The lowest BCUT2D eigenvalue weighted by Gasteiger charge is -2.23. The van der Waals surface area contributed by atoms with Gasteiger partial charge in [-0.05, 0) is 25.4 Å². The molecule has 0 aliphatic rings. The van der Waals surface area contributed by atoms with E-state index in [9.17, 15) is 24.3 Å². The standard InChI is InChI=1S/C14H26N4O6S2/c1-7(19)11(13(22)17-9(6-25)14(23)24)18-10(20)5-16-12(21)8(15)3-4-26-2/h7-9,11,19,25H,3-6,15H2,1-2H3,(H,16,21)(H,17,22)(H,18,20)(H,23,24). The van der Waals surface area contributed by atoms with Crippen LogP contribution in [0.2, 0.25) is 0 Å². The summed E-state index contributed by atoms with van der Waals surface area (Å²) in [4.78, 5) is 46.6. The van der Waals surface area contributed by atoms with Gasteiger partial charge in [-0.25, -0.2) is 4.79 Å². The third-order valence-corrected chi connectivity index (χ3v) is 4.28. The number of hydrogen-bond acceptors (Lipinski definition) is 8. The molecule has 0 aromatic carbocycles. The number of carbonyl (C=O) groups is 4. The molecule has 0 rings (SSSR count). The third-order valence-electron chi connectivity index (χ3n) is 3.27. The summed E-state index contributed by atoms with van der Waals surface area (Å²) in [5.41, 5.74) is 5.66. The number of thioether (sulfide) groups is 1. The normalized spacial score (nSPS) is 15.3. The van der Waals surface area contributed by atoms with Crippen molar-refractivity contribution in [2.24, 2.45) is 5.73 Å². The maximum Gasteiger partial charge on any atom is 0.327 e. The molecule has 3 amide bonds. The number of rotatable bonds is 12. The van der Waals surface area contributed by atoms with Crippen LogP contribution in [-0.2, 0) is 19.2 Å². The summed E-state index contributed by atoms with van der Waals surface area (Å²) >= 11 is 5.35. The minimum atomic E-state index is -1.38. The molecule has 0 radical (unpaired) electrons. The van der Waals surface area contributed by atoms with Crippen LogP contribution in [0.5, 0.6) is 0 Å². The number of carbonyl (C=O) groups excluding carboxylic acids is 3. The number of nitrogens with two attached hydrogens (primary N) is 1. The molecule has 0 aromatic rings. The Morgan fingerprint density at radius 2 is 1.81 bits per heavy atom. The van der Waals surface area contributed by atoms with Gasteiger partial charge in [0.05, 0.1) is 18.7 Å². The van der Waals surface area contributed by atoms with Crippen LogP contribution in [0.4, 0.5) is 0 Å². The van der Waals surface area contributed by atoms with Crippen molar-refractivity contribution >= 4 is 48.1 Å². The molecule has 0 heterocycles. The van der Waals surface area contributed by atoms with E-state index in [0.29, 0.717) is 12.2 Å². The summed E-state index contributed by atoms with van der Waals surface area (Å²) < 4.78 is 0. The Bertz CT molecular complexity index is 506. The van der Waals surface area contributed by atoms with Crippen molar-refractivity contribution in [2.75, 3.05) is 24.3 Å². The lowest BCUT2D eigenvalue weighted by atomic mass is 10.1. The number of aliphatic carboxylic acids is 1. The number of hydrogen-bond donors (Lipinski definition) is 7. The molecular weight excluding hydrogens is 384 g/mol. The molecule has 4 atom stereocenters. The van der Waals surface area contributed by atoms with Gasteiger partial charge < -0.3 is 31.9 Å². The highest BCUT2D eigenvalue weighted by atomic mass is 32.2. The molecule has 4 unspecified atom stereocenters. The molecule has 0 bridgehead atoms. The SMILES string of the molecule is CSCCC(N)C(=O)NCC(=O)NC(C(=O)NC(CS)C(=O)O)C(C)O. The topological polar surface area (TPSA) is 171 Å². The van der Waals surface area contributed by atoms with Gasteiger partial charge in [0.2, 0.25) is 17.7 Å². The molecule has 12 heteroatoms. The minimum Gasteiger partial charge on any atom is -0.480 e. The molecule has 0 saturated carbocycles. The van der Waals surface area contributed by atoms with Crippen molar-refractivity contribution in [2.45, 2.75) is 37.6 Å². The molecule has 7 N–H and O–H groups in total. The summed E-state index contributed by atoms with van der Waals surface area (Å²) in [6, 6.07) is -3.40. The van der Waals surface area contributed by atoms with Crippen molar-refractivity contribution in [3.63, 3.8) is 0 Å². The first-order valence-corrected chi connectivity index (χ1v) is 9.80. The third kappa shape index (κ3) is 9.27. The van der Waals surface area contributed by atoms with E-state index in [1.165, 1.54) is 18.7 Å². The monoisotopic (exact) mass is 410 g/mol. The summed E-state index contributed by atoms with van der Waals surface area (Å²) in [5.74, 6) is -2.87. The van der Waals surface area contributed by atoms with Gasteiger partial charge in [0.1, 0.15) is 12.1 Å². The quantitative estimate of drug-likeness (QED) is 0.174. The van der Waals surface area contributed by atoms with Gasteiger partial charge in [-0.1, -0.05) is 0 Å². The zero-order chi connectivity index (χ0) is 20.3. The van der Waals surface area contributed by atoms with Crippen molar-refractivity contribution in [3.05, 3.63) is 0 Å². The van der Waals surface area contributed by atoms with Crippen molar-refractivity contribution in [1.82, 2.24) is 16.0 Å². The molecule has 0 aliphatic heterocycles. The van der Waals surface area contributed by atoms with E-state index in [1.54, 1.807) is 0 Å². The lowest BCUT2D eigenvalue weighted by Crippen LogP contribution is -2.57. The first-order valence-electron chi connectivity index (χ1n) is 7.77. The predicted octanol–water partition coefficient (Wildman–Crippen LogP) is -2.45. The zero-order valence-electron chi connectivity index (χ0n) is 14.6. The van der Waals surface area contributed by atoms with Gasteiger partial charge >= 0.3 is 5.97 Å². The number of carboxylic acid groups (broad SMARTS) is 1. The molecule has 150 valence electrons. The van der Waals surface area contributed by atoms with Crippen molar-refractivity contribution < 1.29 is 29.4 Å².